The number of hydrogen-bond acceptors (Lipinski definition) is 5. The zero-order valence-electron chi connectivity index (χ0n) is 11.2. The van der Waals surface area contributed by atoms with Gasteiger partial charge in [0.15, 0.2) is 11.6 Å². The maximum atomic E-state index is 5.26. The summed E-state index contributed by atoms with van der Waals surface area (Å²) in [5.74, 6) is 1.63. The number of likely N-dealkylation sites (N-methyl/N-ethyl adjacent to an activating group) is 1. The average Bonchev–Trinajstić information content (AvgIpc) is 2.41. The molecular weight excluding hydrogens is 228 g/mol. The Labute approximate surface area is 109 Å². The van der Waals surface area contributed by atoms with E-state index in [0.29, 0.717) is 0 Å². The van der Waals surface area contributed by atoms with Crippen molar-refractivity contribution in [2.75, 3.05) is 58.7 Å². The highest BCUT2D eigenvalue weighted by atomic mass is 16.5. The second kappa shape index (κ2) is 6.56. The van der Waals surface area contributed by atoms with Gasteiger partial charge in [0.1, 0.15) is 0 Å². The van der Waals surface area contributed by atoms with Gasteiger partial charge in [-0.2, -0.15) is 0 Å². The molecule has 1 aromatic heterocycles. The molecule has 0 aromatic carbocycles. The van der Waals surface area contributed by atoms with Crippen LogP contribution in [0.1, 0.15) is 0 Å². The third-order valence-corrected chi connectivity index (χ3v) is 3.31. The van der Waals surface area contributed by atoms with Crippen LogP contribution in [-0.2, 0) is 0 Å². The molecule has 100 valence electrons. The first-order valence-electron chi connectivity index (χ1n) is 6.43. The molecule has 0 unspecified atom stereocenters. The van der Waals surface area contributed by atoms with Crippen molar-refractivity contribution in [2.45, 2.75) is 0 Å². The van der Waals surface area contributed by atoms with Crippen LogP contribution in [0.5, 0.6) is 5.75 Å². The van der Waals surface area contributed by atoms with Crippen LogP contribution in [0.25, 0.3) is 0 Å². The Kier molecular flexibility index (Phi) is 4.78. The number of hydrogen-bond donors (Lipinski definition) is 1. The largest absolute Gasteiger partial charge is 0.493 e. The highest BCUT2D eigenvalue weighted by molar-refractivity contribution is 5.49. The molecule has 5 nitrogen and oxygen atoms in total. The quantitative estimate of drug-likeness (QED) is 0.835. The molecule has 0 amide bonds. The van der Waals surface area contributed by atoms with E-state index in [1.54, 1.807) is 13.3 Å². The average molecular weight is 250 g/mol. The number of aromatic nitrogens is 1. The van der Waals surface area contributed by atoms with Gasteiger partial charge in [-0.1, -0.05) is 0 Å². The topological polar surface area (TPSA) is 40.6 Å². The summed E-state index contributed by atoms with van der Waals surface area (Å²) >= 11 is 0. The first-order chi connectivity index (χ1) is 8.79. The zero-order valence-corrected chi connectivity index (χ0v) is 11.2. The van der Waals surface area contributed by atoms with Crippen LogP contribution in [0.15, 0.2) is 18.3 Å². The summed E-state index contributed by atoms with van der Waals surface area (Å²) in [4.78, 5) is 9.12. The molecule has 1 aliphatic heterocycles. The molecule has 1 aliphatic rings. The second-order valence-corrected chi connectivity index (χ2v) is 4.63. The predicted molar refractivity (Wildman–Crippen MR) is 73.2 cm³/mol. The fourth-order valence-electron chi connectivity index (χ4n) is 2.09. The highest BCUT2D eigenvalue weighted by Crippen LogP contribution is 2.19. The van der Waals surface area contributed by atoms with Crippen molar-refractivity contribution in [1.82, 2.24) is 14.8 Å². The van der Waals surface area contributed by atoms with Crippen LogP contribution in [0.2, 0.25) is 0 Å². The molecule has 0 bridgehead atoms. The number of ether oxygens (including phenoxy) is 1. The van der Waals surface area contributed by atoms with E-state index in [4.69, 9.17) is 4.74 Å². The predicted octanol–water partition coefficient (Wildman–Crippen LogP) is 0.750. The van der Waals surface area contributed by atoms with E-state index in [9.17, 15) is 0 Å². The van der Waals surface area contributed by atoms with E-state index in [0.717, 1.165) is 50.8 Å². The Morgan fingerprint density at radius 1 is 1.33 bits per heavy atom. The van der Waals surface area contributed by atoms with Gasteiger partial charge in [0.25, 0.3) is 0 Å². The maximum absolute atomic E-state index is 5.26. The van der Waals surface area contributed by atoms with Gasteiger partial charge in [-0.05, 0) is 19.2 Å². The standard InChI is InChI=1S/C13H22N4O/c1-16-8-10-17(11-9-16)7-6-15-13-12(18-2)4-3-5-14-13/h3-5H,6-11H2,1-2H3,(H,14,15). The first kappa shape index (κ1) is 13.1. The summed E-state index contributed by atoms with van der Waals surface area (Å²) < 4.78 is 5.26. The lowest BCUT2D eigenvalue weighted by molar-refractivity contribution is 0.158. The summed E-state index contributed by atoms with van der Waals surface area (Å²) in [5.41, 5.74) is 0. The fraction of sp³-hybridized carbons (Fsp3) is 0.615. The lowest BCUT2D eigenvalue weighted by Gasteiger charge is -2.32. The zero-order chi connectivity index (χ0) is 12.8. The van der Waals surface area contributed by atoms with Crippen molar-refractivity contribution in [1.29, 1.82) is 0 Å². The molecule has 1 aromatic rings. The van der Waals surface area contributed by atoms with E-state index < -0.39 is 0 Å². The van der Waals surface area contributed by atoms with Gasteiger partial charge in [-0.3, -0.25) is 4.90 Å². The van der Waals surface area contributed by atoms with Crippen LogP contribution in [-0.4, -0.2) is 68.2 Å². The molecule has 0 aliphatic carbocycles. The number of nitrogens with zero attached hydrogens (tertiary/aromatic N) is 3. The van der Waals surface area contributed by atoms with Crippen molar-refractivity contribution >= 4 is 5.82 Å². The molecule has 1 fully saturated rings. The van der Waals surface area contributed by atoms with Crippen LogP contribution >= 0.6 is 0 Å². The fourth-order valence-corrected chi connectivity index (χ4v) is 2.09. The van der Waals surface area contributed by atoms with Gasteiger partial charge in [-0.15, -0.1) is 0 Å². The summed E-state index contributed by atoms with van der Waals surface area (Å²) in [5, 5.41) is 3.33. The lowest BCUT2D eigenvalue weighted by atomic mass is 10.3. The number of anilines is 1. The third kappa shape index (κ3) is 3.58. The lowest BCUT2D eigenvalue weighted by Crippen LogP contribution is -2.45. The van der Waals surface area contributed by atoms with Crippen molar-refractivity contribution < 1.29 is 4.74 Å². The summed E-state index contributed by atoms with van der Waals surface area (Å²) in [6.07, 6.45) is 1.78. The van der Waals surface area contributed by atoms with Crippen LogP contribution in [0.4, 0.5) is 5.82 Å². The molecular formula is C13H22N4O. The Balaban J connectivity index is 1.75. The minimum atomic E-state index is 0.802. The van der Waals surface area contributed by atoms with E-state index >= 15 is 0 Å². The molecule has 18 heavy (non-hydrogen) atoms. The van der Waals surface area contributed by atoms with Crippen LogP contribution < -0.4 is 10.1 Å². The number of nitrogens with one attached hydrogen (secondary N) is 1. The third-order valence-electron chi connectivity index (χ3n) is 3.31. The second-order valence-electron chi connectivity index (χ2n) is 4.63. The van der Waals surface area contributed by atoms with Gasteiger partial charge in [0, 0.05) is 45.5 Å². The van der Waals surface area contributed by atoms with Crippen molar-refractivity contribution in [3.63, 3.8) is 0 Å². The van der Waals surface area contributed by atoms with Gasteiger partial charge in [0.05, 0.1) is 7.11 Å². The van der Waals surface area contributed by atoms with E-state index in [1.807, 2.05) is 12.1 Å². The minimum Gasteiger partial charge on any atom is -0.493 e. The number of piperazine rings is 1. The van der Waals surface area contributed by atoms with E-state index in [1.165, 1.54) is 0 Å². The van der Waals surface area contributed by atoms with Gasteiger partial charge >= 0.3 is 0 Å². The number of rotatable bonds is 5. The van der Waals surface area contributed by atoms with Crippen molar-refractivity contribution in [3.05, 3.63) is 18.3 Å². The smallest absolute Gasteiger partial charge is 0.168 e. The molecule has 0 saturated carbocycles. The maximum Gasteiger partial charge on any atom is 0.168 e. The number of methoxy groups -OCH3 is 1. The Morgan fingerprint density at radius 3 is 2.83 bits per heavy atom. The Hall–Kier alpha value is -1.33. The molecule has 2 heterocycles. The Morgan fingerprint density at radius 2 is 2.11 bits per heavy atom. The summed E-state index contributed by atoms with van der Waals surface area (Å²) in [6.45, 7) is 6.57. The monoisotopic (exact) mass is 250 g/mol. The molecule has 1 N–H and O–H groups in total. The molecule has 5 heteroatoms. The SMILES string of the molecule is COc1cccnc1NCCN1CCN(C)CC1. The molecule has 0 spiro atoms. The van der Waals surface area contributed by atoms with Crippen molar-refractivity contribution in [2.24, 2.45) is 0 Å². The molecule has 0 radical (unpaired) electrons. The van der Waals surface area contributed by atoms with Crippen LogP contribution in [0.3, 0.4) is 0 Å². The van der Waals surface area contributed by atoms with E-state index in [2.05, 4.69) is 27.1 Å². The normalized spacial score (nSPS) is 17.7. The summed E-state index contributed by atoms with van der Waals surface area (Å²) in [6, 6.07) is 3.80. The minimum absolute atomic E-state index is 0.802. The van der Waals surface area contributed by atoms with Gasteiger partial charge in [0.2, 0.25) is 0 Å². The molecule has 0 atom stereocenters. The Bertz CT molecular complexity index is 364. The number of pyridine rings is 1. The summed E-state index contributed by atoms with van der Waals surface area (Å²) in [7, 11) is 3.84. The van der Waals surface area contributed by atoms with Gasteiger partial charge < -0.3 is 15.0 Å². The highest BCUT2D eigenvalue weighted by Gasteiger charge is 2.13. The first-order valence-corrected chi connectivity index (χ1v) is 6.43. The van der Waals surface area contributed by atoms with Gasteiger partial charge in [-0.25, -0.2) is 4.98 Å². The molecule has 1 saturated heterocycles. The molecule has 2 rings (SSSR count). The van der Waals surface area contributed by atoms with Crippen molar-refractivity contribution in [3.8, 4) is 5.75 Å². The van der Waals surface area contributed by atoms with E-state index in [-0.39, 0.29) is 0 Å². The van der Waals surface area contributed by atoms with Crippen LogP contribution in [0, 0.1) is 0 Å².